The van der Waals surface area contributed by atoms with Crippen LogP contribution in [0.15, 0.2) is 231 Å². The summed E-state index contributed by atoms with van der Waals surface area (Å²) in [7, 11) is 0. The van der Waals surface area contributed by atoms with Gasteiger partial charge in [-0.1, -0.05) is 211 Å². The van der Waals surface area contributed by atoms with Crippen molar-refractivity contribution < 1.29 is 0 Å². The number of aromatic nitrogens is 1. The highest BCUT2D eigenvalue weighted by atomic mass is 15.2. The van der Waals surface area contributed by atoms with E-state index in [1.165, 1.54) is 93.4 Å². The first-order valence-corrected chi connectivity index (χ1v) is 26.5. The van der Waals surface area contributed by atoms with E-state index < -0.39 is 0 Å². The molecule has 0 amide bonds. The molecule has 12 aromatic rings. The lowest BCUT2D eigenvalue weighted by atomic mass is 9.33. The summed E-state index contributed by atoms with van der Waals surface area (Å²) in [5.74, 6) is 0. The largest absolute Gasteiger partial charge is 0.311 e. The maximum absolute atomic E-state index is 5.37. The molecule has 0 aliphatic carbocycles. The van der Waals surface area contributed by atoms with Crippen LogP contribution in [0.5, 0.6) is 0 Å². The lowest BCUT2D eigenvalue weighted by Crippen LogP contribution is -2.61. The van der Waals surface area contributed by atoms with Gasteiger partial charge in [-0.3, -0.25) is 0 Å². The van der Waals surface area contributed by atoms with Crippen molar-refractivity contribution in [3.05, 3.63) is 242 Å². The van der Waals surface area contributed by atoms with Crippen molar-refractivity contribution in [1.29, 1.82) is 0 Å². The van der Waals surface area contributed by atoms with Gasteiger partial charge >= 0.3 is 0 Å². The molecule has 75 heavy (non-hydrogen) atoms. The first-order valence-electron chi connectivity index (χ1n) is 26.5. The van der Waals surface area contributed by atoms with Crippen LogP contribution in [0.4, 0.5) is 34.1 Å². The van der Waals surface area contributed by atoms with Crippen molar-refractivity contribution in [2.75, 3.05) is 9.80 Å². The molecule has 0 N–H and O–H groups in total. The maximum Gasteiger partial charge on any atom is 0.252 e. The van der Waals surface area contributed by atoms with Gasteiger partial charge in [0.15, 0.2) is 0 Å². The smallest absolute Gasteiger partial charge is 0.252 e. The topological polar surface area (TPSA) is 19.4 Å². The number of hydrogen-bond donors (Lipinski definition) is 0. The minimum absolute atomic E-state index is 0.00622. The van der Waals surface area contributed by atoms with Gasteiger partial charge < -0.3 is 9.80 Å². The van der Waals surface area contributed by atoms with Crippen LogP contribution in [0.3, 0.4) is 0 Å². The van der Waals surface area contributed by atoms with Gasteiger partial charge in [-0.05, 0) is 153 Å². The van der Waals surface area contributed by atoms with Crippen LogP contribution in [-0.4, -0.2) is 11.7 Å². The zero-order valence-corrected chi connectivity index (χ0v) is 43.4. The summed E-state index contributed by atoms with van der Waals surface area (Å²) in [4.78, 5) is 10.5. The van der Waals surface area contributed by atoms with Gasteiger partial charge in [0.2, 0.25) is 0 Å². The van der Waals surface area contributed by atoms with Crippen molar-refractivity contribution >= 4 is 100 Å². The van der Waals surface area contributed by atoms with E-state index in [0.717, 1.165) is 45.0 Å². The number of benzene rings is 11. The maximum atomic E-state index is 5.37. The second-order valence-electron chi connectivity index (χ2n) is 22.8. The Morgan fingerprint density at radius 3 is 1.13 bits per heavy atom. The molecule has 4 heteroatoms. The van der Waals surface area contributed by atoms with Crippen LogP contribution in [0.25, 0.3) is 76.7 Å². The van der Waals surface area contributed by atoms with Gasteiger partial charge in [0.25, 0.3) is 6.71 Å². The average Bonchev–Trinajstić information content (AvgIpc) is 3.46. The third-order valence-electron chi connectivity index (χ3n) is 16.1. The van der Waals surface area contributed by atoms with E-state index in [0.29, 0.717) is 0 Å². The fraction of sp³-hybridized carbons (Fsp3) is 0.113. The van der Waals surface area contributed by atoms with E-state index in [1.807, 2.05) is 0 Å². The minimum Gasteiger partial charge on any atom is -0.311 e. The molecule has 3 nitrogen and oxygen atoms in total. The Labute approximate surface area is 440 Å². The zero-order chi connectivity index (χ0) is 50.7. The first kappa shape index (κ1) is 44.9. The average molecular weight is 962 g/mol. The highest BCUT2D eigenvalue weighted by molar-refractivity contribution is 7.00. The molecule has 14 rings (SSSR count). The lowest BCUT2D eigenvalue weighted by molar-refractivity contribution is 0.590. The number of rotatable bonds is 5. The number of hydrogen-bond acceptors (Lipinski definition) is 3. The van der Waals surface area contributed by atoms with Crippen LogP contribution in [0, 0.1) is 0 Å². The number of fused-ring (bicyclic) bond motifs is 10. The summed E-state index contributed by atoms with van der Waals surface area (Å²) < 4.78 is 0. The first-order chi connectivity index (χ1) is 36.4. The zero-order valence-electron chi connectivity index (χ0n) is 43.4. The Balaban J connectivity index is 1.13. The molecule has 0 atom stereocenters. The Kier molecular flexibility index (Phi) is 10.1. The van der Waals surface area contributed by atoms with Crippen LogP contribution in [0.1, 0.15) is 52.7 Å². The van der Waals surface area contributed by atoms with Gasteiger partial charge in [0.1, 0.15) is 0 Å². The van der Waals surface area contributed by atoms with E-state index in [2.05, 4.69) is 282 Å². The van der Waals surface area contributed by atoms with Crippen molar-refractivity contribution in [1.82, 2.24) is 4.98 Å². The molecule has 3 heterocycles. The van der Waals surface area contributed by atoms with Crippen LogP contribution in [-0.2, 0) is 10.8 Å². The second-order valence-corrected chi connectivity index (χ2v) is 22.8. The summed E-state index contributed by atoms with van der Waals surface area (Å²) in [5.41, 5.74) is 19.7. The predicted molar refractivity (Wildman–Crippen MR) is 322 cm³/mol. The molecule has 0 saturated heterocycles. The molecule has 358 valence electrons. The van der Waals surface area contributed by atoms with E-state index in [-0.39, 0.29) is 17.5 Å². The van der Waals surface area contributed by atoms with E-state index in [1.54, 1.807) is 0 Å². The SMILES string of the molecule is CC(C)(C)c1ccc(N2c3cc4ccc5ccccc5c4cc3B3c4cc5c(ccc6ccccc65)cc4N(c4ccc(C(C)(C)C)cc4)c4cc(-c5cc(-c6ccccc6)nc(-c6ccccc6)c5)cc2c43)cc1. The number of nitrogens with zero attached hydrogens (tertiary/aromatic N) is 3. The molecule has 0 fully saturated rings. The molecule has 0 unspecified atom stereocenters. The fourth-order valence-electron chi connectivity index (χ4n) is 12.2. The summed E-state index contributed by atoms with van der Waals surface area (Å²) in [6, 6.07) is 86.5. The molecule has 0 saturated carbocycles. The van der Waals surface area contributed by atoms with Gasteiger partial charge in [-0.25, -0.2) is 4.98 Å². The molecular weight excluding hydrogens is 906 g/mol. The second kappa shape index (κ2) is 16.9. The molecule has 0 radical (unpaired) electrons. The Hall–Kier alpha value is -8.73. The standard InChI is InChI=1S/C71H56BN3/c1-70(2,3)53-29-33-55(34-30-53)74-65-39-49-27-25-45-17-13-15-23-57(45)59(49)43-61(65)72-62-44-60-50(28-26-46-18-14-16-24-58(46)60)40-66(62)75(56-35-31-54(32-36-56)71(4,5)6)68-42-52(41-67(74)69(68)72)51-37-63(47-19-9-7-10-20-47)73-64(38-51)48-21-11-8-12-22-48/h7-44H,1-6H3. The summed E-state index contributed by atoms with van der Waals surface area (Å²) in [5, 5.41) is 10.00. The summed E-state index contributed by atoms with van der Waals surface area (Å²) in [6.07, 6.45) is 0. The fourth-order valence-corrected chi connectivity index (χ4v) is 12.2. The third kappa shape index (κ3) is 7.45. The highest BCUT2D eigenvalue weighted by Crippen LogP contribution is 2.49. The Morgan fingerprint density at radius 1 is 0.320 bits per heavy atom. The highest BCUT2D eigenvalue weighted by Gasteiger charge is 2.44. The van der Waals surface area contributed by atoms with Crippen molar-refractivity contribution in [3.8, 4) is 33.6 Å². The molecule has 1 aromatic heterocycles. The van der Waals surface area contributed by atoms with E-state index in [4.69, 9.17) is 4.98 Å². The number of anilines is 6. The lowest BCUT2D eigenvalue weighted by Gasteiger charge is -2.45. The van der Waals surface area contributed by atoms with Crippen LogP contribution < -0.4 is 26.2 Å². The normalized spacial score (nSPS) is 13.1. The number of pyridine rings is 1. The van der Waals surface area contributed by atoms with Crippen LogP contribution >= 0.6 is 0 Å². The van der Waals surface area contributed by atoms with Crippen molar-refractivity contribution in [2.45, 2.75) is 52.4 Å². The van der Waals surface area contributed by atoms with Crippen molar-refractivity contribution in [2.24, 2.45) is 0 Å². The van der Waals surface area contributed by atoms with Gasteiger partial charge in [0.05, 0.1) is 11.4 Å². The molecule has 0 spiro atoms. The molecular formula is C71H56BN3. The van der Waals surface area contributed by atoms with Crippen LogP contribution in [0.2, 0.25) is 0 Å². The summed E-state index contributed by atoms with van der Waals surface area (Å²) in [6.45, 7) is 13.7. The minimum atomic E-state index is -0.104. The Morgan fingerprint density at radius 2 is 0.707 bits per heavy atom. The van der Waals surface area contributed by atoms with Gasteiger partial charge in [0, 0.05) is 45.3 Å². The molecule has 0 bridgehead atoms. The van der Waals surface area contributed by atoms with E-state index in [9.17, 15) is 0 Å². The van der Waals surface area contributed by atoms with Crippen molar-refractivity contribution in [3.63, 3.8) is 0 Å². The third-order valence-corrected chi connectivity index (χ3v) is 16.1. The van der Waals surface area contributed by atoms with Gasteiger partial charge in [-0.15, -0.1) is 0 Å². The summed E-state index contributed by atoms with van der Waals surface area (Å²) >= 11 is 0. The predicted octanol–water partition coefficient (Wildman–Crippen LogP) is 17.4. The molecule has 2 aliphatic rings. The molecule has 2 aliphatic heterocycles. The monoisotopic (exact) mass is 961 g/mol. The van der Waals surface area contributed by atoms with Gasteiger partial charge in [-0.2, -0.15) is 0 Å². The Bertz CT molecular complexity index is 3980. The quantitative estimate of drug-likeness (QED) is 0.127. The molecule has 11 aromatic carbocycles. The van der Waals surface area contributed by atoms with E-state index >= 15 is 0 Å².